The van der Waals surface area contributed by atoms with Crippen LogP contribution in [-0.4, -0.2) is 31.4 Å². The highest BCUT2D eigenvalue weighted by atomic mass is 35.5. The van der Waals surface area contributed by atoms with Crippen LogP contribution in [-0.2, 0) is 18.8 Å². The van der Waals surface area contributed by atoms with E-state index in [-0.39, 0.29) is 18.2 Å². The van der Waals surface area contributed by atoms with Gasteiger partial charge in [0.2, 0.25) is 0 Å². The Labute approximate surface area is 143 Å². The second-order valence-corrected chi connectivity index (χ2v) is 7.43. The zero-order valence-corrected chi connectivity index (χ0v) is 15.4. The number of esters is 1. The number of hydrogen-bond acceptors (Lipinski definition) is 4. The molecule has 0 spiro atoms. The molecule has 1 aliphatic rings. The fourth-order valence-electron chi connectivity index (χ4n) is 2.53. The molecule has 0 aromatic heterocycles. The first-order valence-electron chi connectivity index (χ1n) is 7.76. The van der Waals surface area contributed by atoms with E-state index in [1.165, 1.54) is 7.11 Å². The van der Waals surface area contributed by atoms with Crippen molar-refractivity contribution < 1.29 is 18.8 Å². The van der Waals surface area contributed by atoms with Gasteiger partial charge in [0.05, 0.1) is 24.7 Å². The van der Waals surface area contributed by atoms with E-state index in [1.807, 2.05) is 52.8 Å². The van der Waals surface area contributed by atoms with Crippen LogP contribution in [0.25, 0.3) is 0 Å². The molecule has 1 aliphatic heterocycles. The van der Waals surface area contributed by atoms with Crippen LogP contribution >= 0.6 is 11.6 Å². The highest BCUT2D eigenvalue weighted by Gasteiger charge is 2.54. The first kappa shape index (κ1) is 18.3. The lowest BCUT2D eigenvalue weighted by Gasteiger charge is -2.32. The zero-order valence-electron chi connectivity index (χ0n) is 14.6. The summed E-state index contributed by atoms with van der Waals surface area (Å²) in [5, 5.41) is 0.661. The van der Waals surface area contributed by atoms with Crippen LogP contribution in [0, 0.1) is 6.92 Å². The molecule has 1 aromatic carbocycles. The van der Waals surface area contributed by atoms with Crippen molar-refractivity contribution in [3.8, 4) is 0 Å². The average Bonchev–Trinajstić information content (AvgIpc) is 2.67. The minimum atomic E-state index is -0.530. The number of rotatable bonds is 4. The summed E-state index contributed by atoms with van der Waals surface area (Å²) in [6, 6.07) is 5.77. The number of carbonyl (C=O) groups is 1. The summed E-state index contributed by atoms with van der Waals surface area (Å²) in [5.74, 6) is -0.581. The Morgan fingerprint density at radius 3 is 2.30 bits per heavy atom. The quantitative estimate of drug-likeness (QED) is 0.616. The molecule has 2 rings (SSSR count). The van der Waals surface area contributed by atoms with E-state index in [9.17, 15) is 4.79 Å². The molecule has 0 saturated carbocycles. The third-order valence-electron chi connectivity index (χ3n) is 4.84. The van der Waals surface area contributed by atoms with Gasteiger partial charge in [0.25, 0.3) is 0 Å². The van der Waals surface area contributed by atoms with Gasteiger partial charge >= 0.3 is 13.1 Å². The lowest BCUT2D eigenvalue weighted by atomic mass is 9.66. The van der Waals surface area contributed by atoms with Crippen LogP contribution in [0.2, 0.25) is 5.02 Å². The molecular formula is C17H24BClO4. The van der Waals surface area contributed by atoms with Gasteiger partial charge in [-0.15, -0.1) is 0 Å². The van der Waals surface area contributed by atoms with Crippen molar-refractivity contribution in [1.82, 2.24) is 0 Å². The Balaban J connectivity index is 2.35. The Bertz CT molecular complexity index is 584. The molecule has 0 aliphatic carbocycles. The fourth-order valence-corrected chi connectivity index (χ4v) is 2.72. The zero-order chi connectivity index (χ0) is 17.4. The minimum Gasteiger partial charge on any atom is -0.469 e. The smallest absolute Gasteiger partial charge is 0.466 e. The molecule has 1 fully saturated rings. The van der Waals surface area contributed by atoms with E-state index in [4.69, 9.17) is 25.6 Å². The van der Waals surface area contributed by atoms with E-state index in [0.29, 0.717) is 5.02 Å². The molecule has 0 radical (unpaired) electrons. The van der Waals surface area contributed by atoms with E-state index in [2.05, 4.69) is 0 Å². The summed E-state index contributed by atoms with van der Waals surface area (Å²) in [6.07, 6.45) is 0.173. The minimum absolute atomic E-state index is 0.173. The normalized spacial score (nSPS) is 20.4. The number of ether oxygens (including phenoxy) is 1. The second-order valence-electron chi connectivity index (χ2n) is 7.02. The van der Waals surface area contributed by atoms with E-state index in [0.717, 1.165) is 11.1 Å². The van der Waals surface area contributed by atoms with Gasteiger partial charge in [-0.2, -0.15) is 0 Å². The van der Waals surface area contributed by atoms with Gasteiger partial charge < -0.3 is 14.0 Å². The number of carbonyl (C=O) groups excluding carboxylic acids is 1. The van der Waals surface area contributed by atoms with Crippen LogP contribution in [0.4, 0.5) is 0 Å². The molecule has 126 valence electrons. The Morgan fingerprint density at radius 2 is 1.83 bits per heavy atom. The summed E-state index contributed by atoms with van der Waals surface area (Å²) in [7, 11) is 0.851. The lowest BCUT2D eigenvalue weighted by molar-refractivity contribution is -0.140. The molecule has 1 saturated heterocycles. The highest BCUT2D eigenvalue weighted by Crippen LogP contribution is 2.42. The van der Waals surface area contributed by atoms with E-state index >= 15 is 0 Å². The van der Waals surface area contributed by atoms with Gasteiger partial charge in [-0.3, -0.25) is 4.79 Å². The van der Waals surface area contributed by atoms with Crippen LogP contribution in [0.3, 0.4) is 0 Å². The Morgan fingerprint density at radius 1 is 1.26 bits per heavy atom. The van der Waals surface area contributed by atoms with Crippen molar-refractivity contribution >= 4 is 24.7 Å². The summed E-state index contributed by atoms with van der Waals surface area (Å²) in [5.41, 5.74) is 0.979. The molecule has 1 atom stereocenters. The summed E-state index contributed by atoms with van der Waals surface area (Å²) in [6.45, 7) is 9.90. The van der Waals surface area contributed by atoms with Crippen molar-refractivity contribution in [2.24, 2.45) is 0 Å². The number of hydrogen-bond donors (Lipinski definition) is 0. The molecule has 1 heterocycles. The maximum atomic E-state index is 11.9. The van der Waals surface area contributed by atoms with Crippen molar-refractivity contribution in [3.63, 3.8) is 0 Å². The maximum Gasteiger partial charge on any atom is 0.466 e. The SMILES string of the molecule is COC(=O)CC(B1OC(C)(C)C(C)(C)O1)c1ccc(C)c(Cl)c1. The number of benzene rings is 1. The van der Waals surface area contributed by atoms with E-state index < -0.39 is 18.3 Å². The van der Waals surface area contributed by atoms with Gasteiger partial charge in [-0.05, 0) is 51.8 Å². The first-order chi connectivity index (χ1) is 10.6. The lowest BCUT2D eigenvalue weighted by Crippen LogP contribution is -2.41. The average molecular weight is 339 g/mol. The van der Waals surface area contributed by atoms with Crippen molar-refractivity contribution in [2.45, 2.75) is 58.1 Å². The first-order valence-corrected chi connectivity index (χ1v) is 8.13. The second kappa shape index (κ2) is 6.46. The van der Waals surface area contributed by atoms with Crippen LogP contribution in [0.15, 0.2) is 18.2 Å². The number of methoxy groups -OCH3 is 1. The molecule has 1 unspecified atom stereocenters. The monoisotopic (exact) mass is 338 g/mol. The van der Waals surface area contributed by atoms with Crippen molar-refractivity contribution in [1.29, 1.82) is 0 Å². The summed E-state index contributed by atoms with van der Waals surface area (Å²) in [4.78, 5) is 11.9. The van der Waals surface area contributed by atoms with Crippen LogP contribution < -0.4 is 0 Å². The van der Waals surface area contributed by atoms with Gasteiger partial charge in [0.1, 0.15) is 0 Å². The molecular weight excluding hydrogens is 314 g/mol. The standard InChI is InChI=1S/C17H24BClO4/c1-11-7-8-12(9-14(11)19)13(10-15(20)21-6)18-22-16(2,3)17(4,5)23-18/h7-9,13H,10H2,1-6H3. The molecule has 23 heavy (non-hydrogen) atoms. The summed E-state index contributed by atoms with van der Waals surface area (Å²) < 4.78 is 17.1. The maximum absolute atomic E-state index is 11.9. The number of aryl methyl sites for hydroxylation is 1. The molecule has 0 N–H and O–H groups in total. The molecule has 1 aromatic rings. The molecule has 6 heteroatoms. The van der Waals surface area contributed by atoms with Crippen molar-refractivity contribution in [2.75, 3.05) is 7.11 Å². The predicted octanol–water partition coefficient (Wildman–Crippen LogP) is 3.93. The number of halogens is 1. The third-order valence-corrected chi connectivity index (χ3v) is 5.25. The van der Waals surface area contributed by atoms with Gasteiger partial charge in [-0.1, -0.05) is 23.7 Å². The predicted molar refractivity (Wildman–Crippen MR) is 91.6 cm³/mol. The third kappa shape index (κ3) is 3.73. The van der Waals surface area contributed by atoms with Crippen LogP contribution in [0.1, 0.15) is 51.1 Å². The highest BCUT2D eigenvalue weighted by molar-refractivity contribution is 6.48. The van der Waals surface area contributed by atoms with Gasteiger partial charge in [-0.25, -0.2) is 0 Å². The largest absolute Gasteiger partial charge is 0.469 e. The van der Waals surface area contributed by atoms with Gasteiger partial charge in [0.15, 0.2) is 0 Å². The summed E-state index contributed by atoms with van der Waals surface area (Å²) >= 11 is 6.25. The Hall–Kier alpha value is -1.04. The fraction of sp³-hybridized carbons (Fsp3) is 0.588. The molecule has 0 amide bonds. The van der Waals surface area contributed by atoms with Crippen LogP contribution in [0.5, 0.6) is 0 Å². The molecule has 4 nitrogen and oxygen atoms in total. The van der Waals surface area contributed by atoms with Crippen molar-refractivity contribution in [3.05, 3.63) is 34.3 Å². The van der Waals surface area contributed by atoms with E-state index in [1.54, 1.807) is 0 Å². The van der Waals surface area contributed by atoms with Gasteiger partial charge in [0, 0.05) is 10.8 Å². The Kier molecular flexibility index (Phi) is 5.14. The molecule has 0 bridgehead atoms. The topological polar surface area (TPSA) is 44.8 Å².